The molecule has 2 aromatic rings. The molecule has 0 aliphatic rings. The summed E-state index contributed by atoms with van der Waals surface area (Å²) in [5.41, 5.74) is 1.59. The monoisotopic (exact) mass is 326 g/mol. The molecule has 0 amide bonds. The van der Waals surface area contributed by atoms with Crippen LogP contribution >= 0.6 is 0 Å². The molecule has 0 saturated carbocycles. The van der Waals surface area contributed by atoms with Crippen molar-refractivity contribution in [3.63, 3.8) is 0 Å². The maximum absolute atomic E-state index is 11.7. The van der Waals surface area contributed by atoms with Crippen molar-refractivity contribution >= 4 is 17.6 Å². The minimum Gasteiger partial charge on any atom is -0.497 e. The van der Waals surface area contributed by atoms with E-state index in [4.69, 9.17) is 9.47 Å². The average molecular weight is 326 g/mol. The normalized spacial score (nSPS) is 11.2. The first-order valence-electron chi connectivity index (χ1n) is 7.96. The summed E-state index contributed by atoms with van der Waals surface area (Å²) < 4.78 is 10.8. The number of rotatable bonds is 8. The van der Waals surface area contributed by atoms with Crippen molar-refractivity contribution in [3.05, 3.63) is 59.7 Å². The first-order chi connectivity index (χ1) is 11.6. The Morgan fingerprint density at radius 3 is 2.58 bits per heavy atom. The molecule has 0 spiro atoms. The Labute approximate surface area is 142 Å². The van der Waals surface area contributed by atoms with Crippen LogP contribution in [0.1, 0.15) is 30.9 Å². The number of unbranched alkanes of at least 4 members (excludes halogenated alkanes) is 1. The maximum atomic E-state index is 11.7. The molecule has 0 aliphatic heterocycles. The van der Waals surface area contributed by atoms with E-state index in [-0.39, 0.29) is 5.57 Å². The molecular weight excluding hydrogens is 304 g/mol. The number of aliphatic carboxylic acids is 1. The lowest BCUT2D eigenvalue weighted by atomic mass is 10.0. The third-order valence-electron chi connectivity index (χ3n) is 3.55. The molecule has 0 bridgehead atoms. The standard InChI is InChI=1S/C20H22O4/c1-3-4-11-24-18-10-5-7-15(12-18)13-19(20(21)22)16-8-6-9-17(14-16)23-2/h5-10,12-14H,3-4,11H2,1-2H3,(H,21,22)/b19-13-. The van der Waals surface area contributed by atoms with E-state index in [1.807, 2.05) is 24.3 Å². The Hall–Kier alpha value is -2.75. The number of benzene rings is 2. The lowest BCUT2D eigenvalue weighted by molar-refractivity contribution is -0.130. The van der Waals surface area contributed by atoms with Gasteiger partial charge in [-0.2, -0.15) is 0 Å². The first-order valence-corrected chi connectivity index (χ1v) is 7.96. The molecule has 2 aromatic carbocycles. The van der Waals surface area contributed by atoms with Crippen LogP contribution in [0.15, 0.2) is 48.5 Å². The molecule has 2 rings (SSSR count). The molecule has 0 unspecified atom stereocenters. The smallest absolute Gasteiger partial charge is 0.336 e. The molecule has 0 aliphatic carbocycles. The van der Waals surface area contributed by atoms with Crippen LogP contribution in [0.3, 0.4) is 0 Å². The molecule has 126 valence electrons. The van der Waals surface area contributed by atoms with E-state index in [0.29, 0.717) is 17.9 Å². The Kier molecular flexibility index (Phi) is 6.43. The average Bonchev–Trinajstić information content (AvgIpc) is 2.60. The number of carboxylic acids is 1. The van der Waals surface area contributed by atoms with Gasteiger partial charge in [0, 0.05) is 0 Å². The van der Waals surface area contributed by atoms with Crippen molar-refractivity contribution < 1.29 is 19.4 Å². The maximum Gasteiger partial charge on any atom is 0.336 e. The highest BCUT2D eigenvalue weighted by Crippen LogP contribution is 2.24. The SMILES string of the molecule is CCCCOc1cccc(/C=C(\C(=O)O)c2cccc(OC)c2)c1. The van der Waals surface area contributed by atoms with Crippen LogP contribution in [0.25, 0.3) is 11.6 Å². The zero-order valence-corrected chi connectivity index (χ0v) is 14.0. The van der Waals surface area contributed by atoms with Gasteiger partial charge in [-0.1, -0.05) is 37.6 Å². The minimum atomic E-state index is -0.986. The zero-order chi connectivity index (χ0) is 17.4. The van der Waals surface area contributed by atoms with Crippen LogP contribution in [0.5, 0.6) is 11.5 Å². The fourth-order valence-corrected chi connectivity index (χ4v) is 2.25. The Bertz CT molecular complexity index is 719. The summed E-state index contributed by atoms with van der Waals surface area (Å²) in [5.74, 6) is 0.379. The molecule has 4 nitrogen and oxygen atoms in total. The van der Waals surface area contributed by atoms with Gasteiger partial charge in [0.05, 0.1) is 19.3 Å². The molecule has 1 N–H and O–H groups in total. The van der Waals surface area contributed by atoms with Gasteiger partial charge in [-0.15, -0.1) is 0 Å². The van der Waals surface area contributed by atoms with E-state index in [0.717, 1.165) is 24.2 Å². The Balaban J connectivity index is 2.30. The van der Waals surface area contributed by atoms with Gasteiger partial charge < -0.3 is 14.6 Å². The highest BCUT2D eigenvalue weighted by molar-refractivity contribution is 6.20. The van der Waals surface area contributed by atoms with Gasteiger partial charge >= 0.3 is 5.97 Å². The zero-order valence-electron chi connectivity index (χ0n) is 14.0. The number of carbonyl (C=O) groups is 1. The molecule has 0 fully saturated rings. The van der Waals surface area contributed by atoms with E-state index in [1.165, 1.54) is 0 Å². The highest BCUT2D eigenvalue weighted by Gasteiger charge is 2.11. The largest absolute Gasteiger partial charge is 0.497 e. The number of hydrogen-bond donors (Lipinski definition) is 1. The van der Waals surface area contributed by atoms with Gasteiger partial charge in [0.25, 0.3) is 0 Å². The summed E-state index contributed by atoms with van der Waals surface area (Å²) in [5, 5.41) is 9.55. The van der Waals surface area contributed by atoms with Crippen molar-refractivity contribution in [2.75, 3.05) is 13.7 Å². The van der Waals surface area contributed by atoms with Gasteiger partial charge in [0.2, 0.25) is 0 Å². The molecule has 0 heterocycles. The molecule has 24 heavy (non-hydrogen) atoms. The topological polar surface area (TPSA) is 55.8 Å². The predicted octanol–water partition coefficient (Wildman–Crippen LogP) is 4.50. The van der Waals surface area contributed by atoms with Gasteiger partial charge in [-0.3, -0.25) is 0 Å². The first kappa shape index (κ1) is 17.6. The summed E-state index contributed by atoms with van der Waals surface area (Å²) in [4.78, 5) is 11.7. The molecule has 4 heteroatoms. The molecular formula is C20H22O4. The van der Waals surface area contributed by atoms with Crippen molar-refractivity contribution in [3.8, 4) is 11.5 Å². The predicted molar refractivity (Wildman–Crippen MR) is 95.3 cm³/mol. The van der Waals surface area contributed by atoms with Crippen LogP contribution in [-0.2, 0) is 4.79 Å². The summed E-state index contributed by atoms with van der Waals surface area (Å²) in [6.07, 6.45) is 3.70. The van der Waals surface area contributed by atoms with Crippen LogP contribution in [0.4, 0.5) is 0 Å². The summed E-state index contributed by atoms with van der Waals surface area (Å²) in [7, 11) is 1.56. The van der Waals surface area contributed by atoms with E-state index < -0.39 is 5.97 Å². The molecule has 0 atom stereocenters. The van der Waals surface area contributed by atoms with Gasteiger partial charge in [0.1, 0.15) is 11.5 Å². The summed E-state index contributed by atoms with van der Waals surface area (Å²) in [6.45, 7) is 2.77. The third kappa shape index (κ3) is 4.88. The van der Waals surface area contributed by atoms with Gasteiger partial charge in [0.15, 0.2) is 0 Å². The highest BCUT2D eigenvalue weighted by atomic mass is 16.5. The van der Waals surface area contributed by atoms with Crippen molar-refractivity contribution in [1.29, 1.82) is 0 Å². The molecule has 0 aromatic heterocycles. The van der Waals surface area contributed by atoms with Crippen molar-refractivity contribution in [1.82, 2.24) is 0 Å². The van der Waals surface area contributed by atoms with E-state index >= 15 is 0 Å². The van der Waals surface area contributed by atoms with E-state index in [1.54, 1.807) is 37.5 Å². The third-order valence-corrected chi connectivity index (χ3v) is 3.55. The molecule has 0 radical (unpaired) electrons. The van der Waals surface area contributed by atoms with Crippen LogP contribution in [-0.4, -0.2) is 24.8 Å². The van der Waals surface area contributed by atoms with Crippen LogP contribution in [0, 0.1) is 0 Å². The lowest BCUT2D eigenvalue weighted by Gasteiger charge is -2.08. The molecule has 0 saturated heterocycles. The summed E-state index contributed by atoms with van der Waals surface area (Å²) >= 11 is 0. The second kappa shape index (κ2) is 8.77. The van der Waals surface area contributed by atoms with Crippen molar-refractivity contribution in [2.24, 2.45) is 0 Å². The van der Waals surface area contributed by atoms with E-state index in [2.05, 4.69) is 6.92 Å². The number of hydrogen-bond acceptors (Lipinski definition) is 3. The second-order valence-electron chi connectivity index (χ2n) is 5.37. The fourth-order valence-electron chi connectivity index (χ4n) is 2.25. The fraction of sp³-hybridized carbons (Fsp3) is 0.250. The second-order valence-corrected chi connectivity index (χ2v) is 5.37. The summed E-state index contributed by atoms with van der Waals surface area (Å²) in [6, 6.07) is 14.5. The van der Waals surface area contributed by atoms with Gasteiger partial charge in [-0.05, 0) is 47.9 Å². The van der Waals surface area contributed by atoms with Crippen LogP contribution in [0.2, 0.25) is 0 Å². The Morgan fingerprint density at radius 1 is 1.12 bits per heavy atom. The van der Waals surface area contributed by atoms with E-state index in [9.17, 15) is 9.90 Å². The minimum absolute atomic E-state index is 0.208. The quantitative estimate of drug-likeness (QED) is 0.441. The number of carboxylic acid groups (broad SMARTS) is 1. The van der Waals surface area contributed by atoms with Gasteiger partial charge in [-0.25, -0.2) is 4.79 Å². The Morgan fingerprint density at radius 2 is 1.88 bits per heavy atom. The lowest BCUT2D eigenvalue weighted by Crippen LogP contribution is -2.00. The number of ether oxygens (including phenoxy) is 2. The van der Waals surface area contributed by atoms with Crippen molar-refractivity contribution in [2.45, 2.75) is 19.8 Å². The van der Waals surface area contributed by atoms with Crippen LogP contribution < -0.4 is 9.47 Å². The number of methoxy groups -OCH3 is 1.